The topological polar surface area (TPSA) is 59.0 Å². The summed E-state index contributed by atoms with van der Waals surface area (Å²) < 4.78 is 11.4. The van der Waals surface area contributed by atoms with Crippen LogP contribution in [-0.4, -0.2) is 49.7 Å². The summed E-state index contributed by atoms with van der Waals surface area (Å²) in [4.78, 5) is 11.3. The van der Waals surface area contributed by atoms with Crippen LogP contribution in [0.15, 0.2) is 41.5 Å². The van der Waals surface area contributed by atoms with Gasteiger partial charge in [-0.2, -0.15) is 0 Å². The average Bonchev–Trinajstić information content (AvgIpc) is 3.20. The van der Waals surface area contributed by atoms with E-state index in [4.69, 9.17) is 9.47 Å². The van der Waals surface area contributed by atoms with E-state index in [9.17, 15) is 0 Å². The third kappa shape index (κ3) is 5.48. The number of aromatic nitrogens is 1. The number of hydrogen-bond acceptors (Lipinski definition) is 4. The van der Waals surface area contributed by atoms with Crippen molar-refractivity contribution in [1.29, 1.82) is 0 Å². The standard InChI is InChI=1S/C23H32N4O2/c1-17-12-25-21(18(2)22(17)28-4)13-26-23(24-3)27-11-10-20(14-27)16-29-15-19-8-6-5-7-9-19/h5-9,12,20H,10-11,13-16H2,1-4H3,(H,24,26). The summed E-state index contributed by atoms with van der Waals surface area (Å²) in [6.45, 7) is 8.08. The number of nitrogens with zero attached hydrogens (tertiary/aromatic N) is 3. The van der Waals surface area contributed by atoms with E-state index in [2.05, 4.69) is 39.2 Å². The van der Waals surface area contributed by atoms with E-state index in [0.717, 1.165) is 54.6 Å². The molecule has 156 valence electrons. The maximum absolute atomic E-state index is 5.94. The SMILES string of the molecule is CN=C(NCc1ncc(C)c(OC)c1C)N1CCC(COCc2ccccc2)C1. The molecule has 1 aromatic heterocycles. The minimum Gasteiger partial charge on any atom is -0.496 e. The van der Waals surface area contributed by atoms with Crippen LogP contribution in [0, 0.1) is 19.8 Å². The fraction of sp³-hybridized carbons (Fsp3) is 0.478. The molecule has 6 heteroatoms. The zero-order valence-corrected chi connectivity index (χ0v) is 17.9. The largest absolute Gasteiger partial charge is 0.496 e. The molecule has 0 saturated carbocycles. The first-order valence-electron chi connectivity index (χ1n) is 10.2. The van der Waals surface area contributed by atoms with Crippen molar-refractivity contribution < 1.29 is 9.47 Å². The van der Waals surface area contributed by atoms with Crippen molar-refractivity contribution in [2.24, 2.45) is 10.9 Å². The molecule has 2 aromatic rings. The number of pyridine rings is 1. The van der Waals surface area contributed by atoms with Gasteiger partial charge in [0.1, 0.15) is 5.75 Å². The van der Waals surface area contributed by atoms with Crippen molar-refractivity contribution in [1.82, 2.24) is 15.2 Å². The maximum Gasteiger partial charge on any atom is 0.193 e. The van der Waals surface area contributed by atoms with Crippen molar-refractivity contribution >= 4 is 5.96 Å². The first-order chi connectivity index (χ1) is 14.1. The van der Waals surface area contributed by atoms with Gasteiger partial charge in [-0.3, -0.25) is 9.98 Å². The number of likely N-dealkylation sites (tertiary alicyclic amines) is 1. The van der Waals surface area contributed by atoms with Crippen LogP contribution in [0.5, 0.6) is 5.75 Å². The lowest BCUT2D eigenvalue weighted by molar-refractivity contribution is 0.0906. The average molecular weight is 397 g/mol. The quantitative estimate of drug-likeness (QED) is 0.575. The van der Waals surface area contributed by atoms with Gasteiger partial charge >= 0.3 is 0 Å². The molecule has 2 heterocycles. The lowest BCUT2D eigenvalue weighted by atomic mass is 10.1. The Morgan fingerprint density at radius 2 is 2.07 bits per heavy atom. The number of aryl methyl sites for hydroxylation is 1. The van der Waals surface area contributed by atoms with E-state index in [1.54, 1.807) is 7.11 Å². The summed E-state index contributed by atoms with van der Waals surface area (Å²) >= 11 is 0. The third-order valence-corrected chi connectivity index (χ3v) is 5.43. The van der Waals surface area contributed by atoms with E-state index in [0.29, 0.717) is 19.1 Å². The molecule has 0 bridgehead atoms. The lowest BCUT2D eigenvalue weighted by Crippen LogP contribution is -2.40. The fourth-order valence-electron chi connectivity index (χ4n) is 3.82. The van der Waals surface area contributed by atoms with Crippen LogP contribution < -0.4 is 10.1 Å². The predicted octanol–water partition coefficient (Wildman–Crippen LogP) is 3.32. The van der Waals surface area contributed by atoms with E-state index >= 15 is 0 Å². The Morgan fingerprint density at radius 1 is 1.28 bits per heavy atom. The van der Waals surface area contributed by atoms with Gasteiger partial charge in [-0.1, -0.05) is 30.3 Å². The van der Waals surface area contributed by atoms with Crippen LogP contribution in [0.4, 0.5) is 0 Å². The summed E-state index contributed by atoms with van der Waals surface area (Å²) in [5.74, 6) is 2.34. The van der Waals surface area contributed by atoms with Gasteiger partial charge in [-0.15, -0.1) is 0 Å². The highest BCUT2D eigenvalue weighted by atomic mass is 16.5. The molecule has 0 radical (unpaired) electrons. The molecular formula is C23H32N4O2. The molecule has 0 amide bonds. The van der Waals surface area contributed by atoms with Gasteiger partial charge in [0.25, 0.3) is 0 Å². The van der Waals surface area contributed by atoms with Crippen molar-refractivity contribution in [2.45, 2.75) is 33.4 Å². The smallest absolute Gasteiger partial charge is 0.193 e. The molecule has 1 saturated heterocycles. The van der Waals surface area contributed by atoms with Gasteiger partial charge in [0.05, 0.1) is 32.6 Å². The molecule has 1 unspecified atom stereocenters. The van der Waals surface area contributed by atoms with Crippen molar-refractivity contribution in [3.05, 3.63) is 58.9 Å². The maximum atomic E-state index is 5.94. The molecule has 1 atom stereocenters. The second-order valence-corrected chi connectivity index (χ2v) is 7.55. The number of nitrogens with one attached hydrogen (secondary N) is 1. The summed E-state index contributed by atoms with van der Waals surface area (Å²) in [6, 6.07) is 10.3. The highest BCUT2D eigenvalue weighted by Crippen LogP contribution is 2.24. The number of hydrogen-bond donors (Lipinski definition) is 1. The Hall–Kier alpha value is -2.60. The van der Waals surface area contributed by atoms with Gasteiger partial charge in [-0.05, 0) is 25.8 Å². The highest BCUT2D eigenvalue weighted by Gasteiger charge is 2.25. The van der Waals surface area contributed by atoms with Crippen LogP contribution in [-0.2, 0) is 17.9 Å². The monoisotopic (exact) mass is 396 g/mol. The molecule has 6 nitrogen and oxygen atoms in total. The minimum atomic E-state index is 0.525. The number of methoxy groups -OCH3 is 1. The number of ether oxygens (including phenoxy) is 2. The highest BCUT2D eigenvalue weighted by molar-refractivity contribution is 5.80. The van der Waals surface area contributed by atoms with Gasteiger partial charge in [0.2, 0.25) is 0 Å². The summed E-state index contributed by atoms with van der Waals surface area (Å²) in [7, 11) is 3.54. The summed E-state index contributed by atoms with van der Waals surface area (Å²) in [5, 5.41) is 3.46. The number of guanidine groups is 1. The van der Waals surface area contributed by atoms with E-state index < -0.39 is 0 Å². The number of aliphatic imine (C=N–C) groups is 1. The molecule has 1 aromatic carbocycles. The molecule has 1 N–H and O–H groups in total. The Kier molecular flexibility index (Phi) is 7.47. The summed E-state index contributed by atoms with van der Waals surface area (Å²) in [6.07, 6.45) is 2.98. The van der Waals surface area contributed by atoms with Gasteiger partial charge < -0.3 is 19.7 Å². The van der Waals surface area contributed by atoms with Crippen molar-refractivity contribution in [3.8, 4) is 5.75 Å². The van der Waals surface area contributed by atoms with Gasteiger partial charge in [0.15, 0.2) is 5.96 Å². The zero-order valence-electron chi connectivity index (χ0n) is 17.9. The molecule has 1 aliphatic rings. The fourth-order valence-corrected chi connectivity index (χ4v) is 3.82. The van der Waals surface area contributed by atoms with E-state index in [-0.39, 0.29) is 0 Å². The van der Waals surface area contributed by atoms with Gasteiger partial charge in [0, 0.05) is 43.4 Å². The molecule has 3 rings (SSSR count). The first-order valence-corrected chi connectivity index (χ1v) is 10.2. The van der Waals surface area contributed by atoms with E-state index in [1.807, 2.05) is 38.4 Å². The second kappa shape index (κ2) is 10.3. The van der Waals surface area contributed by atoms with Crippen LogP contribution in [0.25, 0.3) is 0 Å². The number of benzene rings is 1. The second-order valence-electron chi connectivity index (χ2n) is 7.55. The molecular weight excluding hydrogens is 364 g/mol. The Bertz CT molecular complexity index is 823. The molecule has 1 fully saturated rings. The molecule has 0 spiro atoms. The van der Waals surface area contributed by atoms with Crippen LogP contribution in [0.1, 0.15) is 28.8 Å². The van der Waals surface area contributed by atoms with Crippen LogP contribution in [0.2, 0.25) is 0 Å². The normalized spacial score (nSPS) is 16.9. The zero-order chi connectivity index (χ0) is 20.6. The van der Waals surface area contributed by atoms with Crippen molar-refractivity contribution in [2.75, 3.05) is 33.9 Å². The Balaban J connectivity index is 1.49. The Morgan fingerprint density at radius 3 is 2.79 bits per heavy atom. The number of rotatable bonds is 7. The molecule has 0 aliphatic carbocycles. The summed E-state index contributed by atoms with van der Waals surface area (Å²) in [5.41, 5.74) is 4.33. The third-order valence-electron chi connectivity index (χ3n) is 5.43. The first kappa shape index (κ1) is 21.1. The van der Waals surface area contributed by atoms with Crippen molar-refractivity contribution in [3.63, 3.8) is 0 Å². The molecule has 1 aliphatic heterocycles. The van der Waals surface area contributed by atoms with Gasteiger partial charge in [-0.25, -0.2) is 0 Å². The Labute approximate surface area is 174 Å². The van der Waals surface area contributed by atoms with E-state index in [1.165, 1.54) is 5.56 Å². The minimum absolute atomic E-state index is 0.525. The van der Waals surface area contributed by atoms with Crippen LogP contribution >= 0.6 is 0 Å². The van der Waals surface area contributed by atoms with Crippen LogP contribution in [0.3, 0.4) is 0 Å². The lowest BCUT2D eigenvalue weighted by Gasteiger charge is -2.22. The molecule has 29 heavy (non-hydrogen) atoms. The predicted molar refractivity (Wildman–Crippen MR) is 116 cm³/mol.